The molecule has 108 valence electrons. The van der Waals surface area contributed by atoms with Crippen LogP contribution in [-0.2, 0) is 9.53 Å². The van der Waals surface area contributed by atoms with E-state index in [1.165, 1.54) is 7.11 Å². The van der Waals surface area contributed by atoms with Gasteiger partial charge in [-0.2, -0.15) is 0 Å². The number of ether oxygens (including phenoxy) is 2. The monoisotopic (exact) mass is 295 g/mol. The quantitative estimate of drug-likeness (QED) is 0.881. The summed E-state index contributed by atoms with van der Waals surface area (Å²) >= 11 is 0. The summed E-state index contributed by atoms with van der Waals surface area (Å²) in [6.45, 7) is 0. The number of hydrogen-bond acceptors (Lipinski definition) is 4. The predicted octanol–water partition coefficient (Wildman–Crippen LogP) is 2.83. The highest BCUT2D eigenvalue weighted by atomic mass is 35.5. The van der Waals surface area contributed by atoms with Gasteiger partial charge in [0, 0.05) is 11.4 Å². The zero-order chi connectivity index (χ0) is 13.8. The first-order chi connectivity index (χ1) is 9.17. The second kappa shape index (κ2) is 7.12. The molecule has 2 rings (SSSR count). The fraction of sp³-hybridized carbons (Fsp3) is 0.267. The highest BCUT2D eigenvalue weighted by Gasteiger charge is 2.15. The molecule has 1 unspecified atom stereocenters. The number of nitrogens with two attached hydrogens (primary N) is 1. The molecule has 5 heteroatoms. The van der Waals surface area contributed by atoms with Crippen LogP contribution in [0, 0.1) is 0 Å². The van der Waals surface area contributed by atoms with Crippen molar-refractivity contribution in [1.82, 2.24) is 0 Å². The second-order valence-corrected chi connectivity index (χ2v) is 4.29. The minimum Gasteiger partial charge on any atom is -0.496 e. The lowest BCUT2D eigenvalue weighted by molar-refractivity contribution is -0.141. The van der Waals surface area contributed by atoms with Crippen molar-refractivity contribution in [1.29, 1.82) is 0 Å². The summed E-state index contributed by atoms with van der Waals surface area (Å²) in [5.74, 6) is 0.483. The Hall–Kier alpha value is -1.78. The SMILES string of the molecule is COC(=O)CC(N)c1ccc(OC)c2ccccc12.Cl. The molecule has 0 saturated carbocycles. The number of carbonyl (C=O) groups excluding carboxylic acids is 1. The second-order valence-electron chi connectivity index (χ2n) is 4.29. The van der Waals surface area contributed by atoms with Crippen LogP contribution in [-0.4, -0.2) is 20.2 Å². The highest BCUT2D eigenvalue weighted by Crippen LogP contribution is 2.31. The van der Waals surface area contributed by atoms with Crippen LogP contribution in [0.15, 0.2) is 36.4 Å². The van der Waals surface area contributed by atoms with Crippen LogP contribution in [0.3, 0.4) is 0 Å². The summed E-state index contributed by atoms with van der Waals surface area (Å²) in [5.41, 5.74) is 7.01. The lowest BCUT2D eigenvalue weighted by Gasteiger charge is -2.15. The number of fused-ring (bicyclic) bond motifs is 1. The van der Waals surface area contributed by atoms with Gasteiger partial charge in [0.1, 0.15) is 5.75 Å². The Balaban J connectivity index is 0.00000200. The molecule has 0 aliphatic carbocycles. The number of methoxy groups -OCH3 is 2. The van der Waals surface area contributed by atoms with Gasteiger partial charge in [0.15, 0.2) is 0 Å². The van der Waals surface area contributed by atoms with E-state index in [9.17, 15) is 4.79 Å². The molecule has 1 atom stereocenters. The molecular formula is C15H18ClNO3. The van der Waals surface area contributed by atoms with Gasteiger partial charge in [-0.25, -0.2) is 0 Å². The number of carbonyl (C=O) groups is 1. The van der Waals surface area contributed by atoms with E-state index < -0.39 is 0 Å². The molecule has 20 heavy (non-hydrogen) atoms. The lowest BCUT2D eigenvalue weighted by Crippen LogP contribution is -2.16. The van der Waals surface area contributed by atoms with E-state index in [4.69, 9.17) is 10.5 Å². The van der Waals surface area contributed by atoms with E-state index in [1.54, 1.807) is 7.11 Å². The Labute approximate surface area is 124 Å². The number of rotatable bonds is 4. The van der Waals surface area contributed by atoms with Crippen LogP contribution >= 0.6 is 12.4 Å². The van der Waals surface area contributed by atoms with Crippen molar-refractivity contribution in [3.8, 4) is 5.75 Å². The van der Waals surface area contributed by atoms with Gasteiger partial charge in [0.25, 0.3) is 0 Å². The first kappa shape index (κ1) is 16.3. The average molecular weight is 296 g/mol. The summed E-state index contributed by atoms with van der Waals surface area (Å²) in [4.78, 5) is 11.3. The van der Waals surface area contributed by atoms with Gasteiger partial charge < -0.3 is 15.2 Å². The van der Waals surface area contributed by atoms with Crippen LogP contribution in [0.4, 0.5) is 0 Å². The zero-order valence-corrected chi connectivity index (χ0v) is 12.3. The smallest absolute Gasteiger partial charge is 0.307 e. The Morgan fingerprint density at radius 1 is 1.15 bits per heavy atom. The summed E-state index contributed by atoms with van der Waals surface area (Å²) < 4.78 is 9.99. The maximum absolute atomic E-state index is 11.3. The Kier molecular flexibility index (Phi) is 5.80. The molecule has 2 N–H and O–H groups in total. The van der Waals surface area contributed by atoms with E-state index in [-0.39, 0.29) is 30.8 Å². The lowest BCUT2D eigenvalue weighted by atomic mass is 9.97. The molecule has 0 amide bonds. The van der Waals surface area contributed by atoms with Crippen molar-refractivity contribution in [2.45, 2.75) is 12.5 Å². The predicted molar refractivity (Wildman–Crippen MR) is 81.3 cm³/mol. The third-order valence-electron chi connectivity index (χ3n) is 3.15. The minimum atomic E-state index is -0.386. The average Bonchev–Trinajstić information content (AvgIpc) is 2.45. The number of benzene rings is 2. The molecule has 0 fully saturated rings. The summed E-state index contributed by atoms with van der Waals surface area (Å²) in [5, 5.41) is 1.99. The molecule has 0 heterocycles. The first-order valence-corrected chi connectivity index (χ1v) is 6.05. The first-order valence-electron chi connectivity index (χ1n) is 6.05. The minimum absolute atomic E-state index is 0. The molecular weight excluding hydrogens is 278 g/mol. The van der Waals surface area contributed by atoms with E-state index in [0.717, 1.165) is 22.1 Å². The fourth-order valence-electron chi connectivity index (χ4n) is 2.17. The van der Waals surface area contributed by atoms with Crippen molar-refractivity contribution < 1.29 is 14.3 Å². The third kappa shape index (κ3) is 3.21. The van der Waals surface area contributed by atoms with Gasteiger partial charge in [0.2, 0.25) is 0 Å². The fourth-order valence-corrected chi connectivity index (χ4v) is 2.17. The molecule has 0 saturated heterocycles. The van der Waals surface area contributed by atoms with Gasteiger partial charge >= 0.3 is 5.97 Å². The standard InChI is InChI=1S/C15H17NO3.ClH/c1-18-14-8-7-11(13(16)9-15(17)19-2)10-5-3-4-6-12(10)14;/h3-8,13H,9,16H2,1-2H3;1H. The normalized spacial score (nSPS) is 11.6. The Bertz CT molecular complexity index is 601. The van der Waals surface area contributed by atoms with E-state index in [1.807, 2.05) is 36.4 Å². The van der Waals surface area contributed by atoms with Crippen LogP contribution in [0.5, 0.6) is 5.75 Å². The maximum Gasteiger partial charge on any atom is 0.307 e. The van der Waals surface area contributed by atoms with E-state index in [0.29, 0.717) is 0 Å². The zero-order valence-electron chi connectivity index (χ0n) is 11.5. The summed E-state index contributed by atoms with van der Waals surface area (Å²) in [6.07, 6.45) is 0.160. The number of hydrogen-bond donors (Lipinski definition) is 1. The van der Waals surface area contributed by atoms with Crippen molar-refractivity contribution in [3.63, 3.8) is 0 Å². The topological polar surface area (TPSA) is 61.5 Å². The third-order valence-corrected chi connectivity index (χ3v) is 3.15. The van der Waals surface area contributed by atoms with Crippen LogP contribution < -0.4 is 10.5 Å². The van der Waals surface area contributed by atoms with Crippen molar-refractivity contribution in [3.05, 3.63) is 42.0 Å². The summed E-state index contributed by atoms with van der Waals surface area (Å²) in [6, 6.07) is 11.2. The molecule has 0 bridgehead atoms. The van der Waals surface area contributed by atoms with Crippen molar-refractivity contribution >= 4 is 29.1 Å². The molecule has 4 nitrogen and oxygen atoms in total. The van der Waals surface area contributed by atoms with Gasteiger partial charge in [-0.15, -0.1) is 12.4 Å². The molecule has 0 aliphatic rings. The Morgan fingerprint density at radius 3 is 2.40 bits per heavy atom. The molecule has 0 aromatic heterocycles. The molecule has 0 radical (unpaired) electrons. The molecule has 2 aromatic carbocycles. The van der Waals surface area contributed by atoms with Crippen LogP contribution in [0.2, 0.25) is 0 Å². The summed E-state index contributed by atoms with van der Waals surface area (Å²) in [7, 11) is 3.00. The highest BCUT2D eigenvalue weighted by molar-refractivity contribution is 5.91. The number of halogens is 1. The van der Waals surface area contributed by atoms with Gasteiger partial charge in [-0.3, -0.25) is 4.79 Å². The Morgan fingerprint density at radius 2 is 1.80 bits per heavy atom. The maximum atomic E-state index is 11.3. The molecule has 0 spiro atoms. The van der Waals surface area contributed by atoms with Gasteiger partial charge in [-0.1, -0.05) is 30.3 Å². The van der Waals surface area contributed by atoms with E-state index >= 15 is 0 Å². The molecule has 0 aliphatic heterocycles. The largest absolute Gasteiger partial charge is 0.496 e. The van der Waals surface area contributed by atoms with Crippen LogP contribution in [0.1, 0.15) is 18.0 Å². The van der Waals surface area contributed by atoms with Crippen LogP contribution in [0.25, 0.3) is 10.8 Å². The van der Waals surface area contributed by atoms with Crippen molar-refractivity contribution in [2.24, 2.45) is 5.73 Å². The molecule has 2 aromatic rings. The van der Waals surface area contributed by atoms with Gasteiger partial charge in [-0.05, 0) is 17.0 Å². The van der Waals surface area contributed by atoms with Gasteiger partial charge in [0.05, 0.1) is 20.6 Å². The van der Waals surface area contributed by atoms with Crippen molar-refractivity contribution in [2.75, 3.05) is 14.2 Å². The number of esters is 1. The van der Waals surface area contributed by atoms with E-state index in [2.05, 4.69) is 4.74 Å².